The summed E-state index contributed by atoms with van der Waals surface area (Å²) in [6, 6.07) is 1.18. The summed E-state index contributed by atoms with van der Waals surface area (Å²) in [5.74, 6) is -3.08. The van der Waals surface area contributed by atoms with Crippen LogP contribution < -0.4 is 0 Å². The zero-order valence-electron chi connectivity index (χ0n) is 16.4. The molecule has 1 heterocycles. The van der Waals surface area contributed by atoms with E-state index in [1.165, 1.54) is 0 Å². The van der Waals surface area contributed by atoms with E-state index in [0.29, 0.717) is 36.7 Å². The predicted molar refractivity (Wildman–Crippen MR) is 101 cm³/mol. The molecule has 1 aliphatic heterocycles. The molecule has 2 unspecified atom stereocenters. The van der Waals surface area contributed by atoms with Crippen molar-refractivity contribution in [2.45, 2.75) is 58.2 Å². The number of hydrogen-bond acceptors (Lipinski definition) is 3. The monoisotopic (exact) mass is 410 g/mol. The van der Waals surface area contributed by atoms with Crippen LogP contribution in [0.3, 0.4) is 0 Å². The van der Waals surface area contributed by atoms with Crippen LogP contribution in [0.15, 0.2) is 34.5 Å². The topological polar surface area (TPSA) is 43.0 Å². The Balaban J connectivity index is 2.78. The Labute approximate surface area is 167 Å². The molecule has 2 rings (SSSR count). The fourth-order valence-electron chi connectivity index (χ4n) is 3.40. The van der Waals surface area contributed by atoms with E-state index < -0.39 is 35.5 Å². The van der Waals surface area contributed by atoms with E-state index in [4.69, 9.17) is 11.3 Å². The van der Waals surface area contributed by atoms with Crippen LogP contribution >= 0.6 is 0 Å². The highest BCUT2D eigenvalue weighted by molar-refractivity contribution is 6.00. The van der Waals surface area contributed by atoms with Crippen molar-refractivity contribution in [3.05, 3.63) is 57.8 Å². The zero-order chi connectivity index (χ0) is 21.8. The van der Waals surface area contributed by atoms with E-state index in [1.807, 2.05) is 6.92 Å². The number of esters is 1. The van der Waals surface area contributed by atoms with Gasteiger partial charge in [-0.05, 0) is 37.5 Å². The minimum Gasteiger partial charge on any atom is -0.462 e. The minimum absolute atomic E-state index is 0.0518. The van der Waals surface area contributed by atoms with Crippen molar-refractivity contribution in [1.82, 2.24) is 0 Å². The Morgan fingerprint density at radius 2 is 1.97 bits per heavy atom. The minimum atomic E-state index is -4.85. The summed E-state index contributed by atoms with van der Waals surface area (Å²) in [5, 5.41) is 0. The standard InChI is InChI=1S/C21H22F4N2O2/c1-5-7-16-18(20(28)29-10-6-2)17(19(26-4)12(3)27-16)14-9-8-13(22)11-15(14)21(23,24)25/h8-9,11,17,19H,5-7,10H2,1-3H3. The second-order valence-electron chi connectivity index (χ2n) is 6.78. The van der Waals surface area contributed by atoms with Crippen molar-refractivity contribution < 1.29 is 27.1 Å². The number of allylic oxidation sites excluding steroid dienone is 1. The first-order valence-corrected chi connectivity index (χ1v) is 9.34. The Morgan fingerprint density at radius 1 is 1.28 bits per heavy atom. The van der Waals surface area contributed by atoms with Crippen LogP contribution in [0.4, 0.5) is 17.6 Å². The third-order valence-corrected chi connectivity index (χ3v) is 4.62. The van der Waals surface area contributed by atoms with Crippen LogP contribution in [0.5, 0.6) is 0 Å². The number of rotatable bonds is 6. The van der Waals surface area contributed by atoms with Gasteiger partial charge in [0.2, 0.25) is 0 Å². The second-order valence-corrected chi connectivity index (χ2v) is 6.78. The molecule has 0 aliphatic carbocycles. The van der Waals surface area contributed by atoms with Crippen molar-refractivity contribution in [3.8, 4) is 0 Å². The van der Waals surface area contributed by atoms with E-state index in [0.717, 1.165) is 12.1 Å². The fraction of sp³-hybridized carbons (Fsp3) is 0.476. The average molecular weight is 410 g/mol. The molecule has 1 aromatic carbocycles. The first-order chi connectivity index (χ1) is 13.6. The molecule has 8 heteroatoms. The van der Waals surface area contributed by atoms with Gasteiger partial charge < -0.3 is 9.58 Å². The molecule has 0 N–H and O–H groups in total. The van der Waals surface area contributed by atoms with E-state index in [9.17, 15) is 22.4 Å². The molecule has 0 amide bonds. The van der Waals surface area contributed by atoms with Gasteiger partial charge in [-0.3, -0.25) is 4.99 Å². The number of aliphatic imine (C=N–C) groups is 1. The summed E-state index contributed by atoms with van der Waals surface area (Å²) in [6.45, 7) is 12.8. The molecule has 156 valence electrons. The number of hydrogen-bond donors (Lipinski definition) is 0. The molecule has 0 fully saturated rings. The molecule has 1 aliphatic rings. The van der Waals surface area contributed by atoms with E-state index in [2.05, 4.69) is 9.84 Å². The van der Waals surface area contributed by atoms with Gasteiger partial charge in [0.05, 0.1) is 35.1 Å². The zero-order valence-corrected chi connectivity index (χ0v) is 16.4. The molecule has 2 atom stereocenters. The summed E-state index contributed by atoms with van der Waals surface area (Å²) in [4.78, 5) is 20.6. The maximum Gasteiger partial charge on any atom is 0.416 e. The molecule has 0 saturated carbocycles. The van der Waals surface area contributed by atoms with E-state index in [1.54, 1.807) is 13.8 Å². The molecule has 0 spiro atoms. The normalized spacial score (nSPS) is 19.6. The summed E-state index contributed by atoms with van der Waals surface area (Å²) < 4.78 is 59.9. The largest absolute Gasteiger partial charge is 0.462 e. The lowest BCUT2D eigenvalue weighted by Gasteiger charge is -2.29. The number of benzene rings is 1. The highest BCUT2D eigenvalue weighted by atomic mass is 19.4. The first-order valence-electron chi connectivity index (χ1n) is 9.34. The summed E-state index contributed by atoms with van der Waals surface area (Å²) >= 11 is 0. The molecule has 29 heavy (non-hydrogen) atoms. The van der Waals surface area contributed by atoms with Crippen molar-refractivity contribution in [3.63, 3.8) is 0 Å². The number of carbonyl (C=O) groups excluding carboxylic acids is 1. The average Bonchev–Trinajstić information content (AvgIpc) is 2.65. The lowest BCUT2D eigenvalue weighted by molar-refractivity contribution is -0.141. The van der Waals surface area contributed by atoms with Gasteiger partial charge in [-0.25, -0.2) is 15.8 Å². The number of alkyl halides is 3. The summed E-state index contributed by atoms with van der Waals surface area (Å²) in [6.07, 6.45) is -3.37. The molecule has 0 radical (unpaired) electrons. The number of halogens is 4. The summed E-state index contributed by atoms with van der Waals surface area (Å²) in [5.41, 5.74) is -0.955. The fourth-order valence-corrected chi connectivity index (χ4v) is 3.40. The van der Waals surface area contributed by atoms with Gasteiger partial charge in [-0.1, -0.05) is 26.3 Å². The van der Waals surface area contributed by atoms with Crippen molar-refractivity contribution in [1.29, 1.82) is 0 Å². The Bertz CT molecular complexity index is 882. The van der Waals surface area contributed by atoms with Gasteiger partial charge in [0.15, 0.2) is 0 Å². The van der Waals surface area contributed by atoms with Crippen molar-refractivity contribution in [2.75, 3.05) is 6.61 Å². The van der Waals surface area contributed by atoms with Crippen LogP contribution in [0, 0.1) is 12.4 Å². The predicted octanol–water partition coefficient (Wildman–Crippen LogP) is 5.70. The van der Waals surface area contributed by atoms with Crippen LogP contribution in [0.25, 0.3) is 4.85 Å². The second kappa shape index (κ2) is 9.21. The van der Waals surface area contributed by atoms with Crippen LogP contribution in [0.1, 0.15) is 57.1 Å². The quantitative estimate of drug-likeness (QED) is 0.343. The van der Waals surface area contributed by atoms with Crippen LogP contribution in [-0.4, -0.2) is 24.3 Å². The molecule has 0 saturated heterocycles. The highest BCUT2D eigenvalue weighted by Crippen LogP contribution is 2.44. The van der Waals surface area contributed by atoms with Crippen molar-refractivity contribution in [2.24, 2.45) is 4.99 Å². The van der Waals surface area contributed by atoms with Crippen LogP contribution in [0.2, 0.25) is 0 Å². The van der Waals surface area contributed by atoms with Crippen molar-refractivity contribution >= 4 is 11.7 Å². The maximum atomic E-state index is 13.7. The highest BCUT2D eigenvalue weighted by Gasteiger charge is 2.46. The van der Waals surface area contributed by atoms with Gasteiger partial charge in [0.25, 0.3) is 6.04 Å². The number of nitrogens with zero attached hydrogens (tertiary/aromatic N) is 2. The molecule has 0 bridgehead atoms. The Hall–Kier alpha value is -2.69. The Kier molecular flexibility index (Phi) is 7.17. The van der Waals surface area contributed by atoms with E-state index >= 15 is 0 Å². The third kappa shape index (κ3) is 4.84. The molecule has 4 nitrogen and oxygen atoms in total. The van der Waals surface area contributed by atoms with Gasteiger partial charge >= 0.3 is 12.1 Å². The maximum absolute atomic E-state index is 13.7. The smallest absolute Gasteiger partial charge is 0.416 e. The number of carbonyl (C=O) groups is 1. The lowest BCUT2D eigenvalue weighted by Crippen LogP contribution is -2.34. The molecule has 1 aromatic rings. The van der Waals surface area contributed by atoms with E-state index in [-0.39, 0.29) is 17.7 Å². The van der Waals surface area contributed by atoms with Crippen LogP contribution in [-0.2, 0) is 15.7 Å². The molecule has 0 aromatic heterocycles. The SMILES string of the molecule is [C-]#[N+]C1C(C)=NC(CCC)=C(C(=O)OCCC)C1c1ccc(F)cc1C(F)(F)F. The summed E-state index contributed by atoms with van der Waals surface area (Å²) in [7, 11) is 0. The van der Waals surface area contributed by atoms with Gasteiger partial charge in [-0.2, -0.15) is 13.2 Å². The lowest BCUT2D eigenvalue weighted by atomic mass is 9.77. The van der Waals surface area contributed by atoms with Gasteiger partial charge in [0.1, 0.15) is 5.82 Å². The first kappa shape index (κ1) is 22.6. The third-order valence-electron chi connectivity index (χ3n) is 4.62. The molecular weight excluding hydrogens is 388 g/mol. The molecular formula is C21H22F4N2O2. The number of ether oxygens (including phenoxy) is 1. The van der Waals surface area contributed by atoms with Gasteiger partial charge in [-0.15, -0.1) is 0 Å². The van der Waals surface area contributed by atoms with Gasteiger partial charge in [0, 0.05) is 0 Å². The Morgan fingerprint density at radius 3 is 2.52 bits per heavy atom.